The van der Waals surface area contributed by atoms with E-state index in [4.69, 9.17) is 9.47 Å². The molecule has 3 aromatic carbocycles. The number of hydrogen-bond acceptors (Lipinski definition) is 4. The summed E-state index contributed by atoms with van der Waals surface area (Å²) in [5.41, 5.74) is 3.70. The molecule has 0 saturated heterocycles. The van der Waals surface area contributed by atoms with Gasteiger partial charge in [-0.2, -0.15) is 0 Å². The zero-order chi connectivity index (χ0) is 27.1. The Kier molecular flexibility index (Phi) is 8.72. The smallest absolute Gasteiger partial charge is 0.243 e. The summed E-state index contributed by atoms with van der Waals surface area (Å²) in [5.74, 6) is 1.23. The SMILES string of the molecule is Cc1cccc(CN(C(=O)CCc2ccc3c(c2)OCCO3)[C@H](Cc2ccccc2)C(=O)NC(C)(C)C)c1. The summed E-state index contributed by atoms with van der Waals surface area (Å²) in [6.45, 7) is 9.32. The van der Waals surface area contributed by atoms with Crippen LogP contribution in [0.2, 0.25) is 0 Å². The molecule has 0 spiro atoms. The van der Waals surface area contributed by atoms with E-state index in [9.17, 15) is 9.59 Å². The average molecular weight is 515 g/mol. The Morgan fingerprint density at radius 3 is 2.29 bits per heavy atom. The lowest BCUT2D eigenvalue weighted by Gasteiger charge is -2.34. The van der Waals surface area contributed by atoms with Crippen LogP contribution >= 0.6 is 0 Å². The highest BCUT2D eigenvalue weighted by molar-refractivity contribution is 5.88. The molecule has 1 aliphatic rings. The minimum Gasteiger partial charge on any atom is -0.486 e. The number of nitrogens with one attached hydrogen (secondary N) is 1. The third-order valence-electron chi connectivity index (χ3n) is 6.44. The van der Waals surface area contributed by atoms with Crippen LogP contribution in [0.5, 0.6) is 11.5 Å². The maximum Gasteiger partial charge on any atom is 0.243 e. The second-order valence-corrected chi connectivity index (χ2v) is 10.9. The number of carbonyl (C=O) groups is 2. The number of hydrogen-bond donors (Lipinski definition) is 1. The summed E-state index contributed by atoms with van der Waals surface area (Å²) in [7, 11) is 0. The van der Waals surface area contributed by atoms with Crippen LogP contribution in [0.3, 0.4) is 0 Å². The molecule has 1 heterocycles. The predicted octanol–water partition coefficient (Wildman–Crippen LogP) is 5.25. The van der Waals surface area contributed by atoms with Crippen LogP contribution in [0.25, 0.3) is 0 Å². The third-order valence-corrected chi connectivity index (χ3v) is 6.44. The van der Waals surface area contributed by atoms with E-state index in [-0.39, 0.29) is 18.2 Å². The van der Waals surface area contributed by atoms with Crippen LogP contribution in [-0.2, 0) is 29.0 Å². The zero-order valence-corrected chi connectivity index (χ0v) is 22.8. The molecule has 0 bridgehead atoms. The molecule has 0 unspecified atom stereocenters. The van der Waals surface area contributed by atoms with Gasteiger partial charge in [-0.05, 0) is 62.9 Å². The standard InChI is InChI=1S/C32H38N2O4/c1-23-9-8-12-26(19-23)22-34(27(31(36)33-32(2,3)4)20-24-10-6-5-7-11-24)30(35)16-14-25-13-15-28-29(21-25)38-18-17-37-28/h5-13,15,19,21,27H,14,16-18,20,22H2,1-4H3,(H,33,36)/t27-/m1/s1. The predicted molar refractivity (Wildman–Crippen MR) is 149 cm³/mol. The number of rotatable bonds is 9. The number of aryl methyl sites for hydroxylation is 2. The topological polar surface area (TPSA) is 67.9 Å². The number of nitrogens with zero attached hydrogens (tertiary/aromatic N) is 1. The van der Waals surface area contributed by atoms with Crippen molar-refractivity contribution in [2.45, 2.75) is 65.1 Å². The summed E-state index contributed by atoms with van der Waals surface area (Å²) in [6, 6.07) is 23.1. The fraction of sp³-hybridized carbons (Fsp3) is 0.375. The van der Waals surface area contributed by atoms with E-state index in [1.165, 1.54) is 0 Å². The molecule has 3 aromatic rings. The van der Waals surface area contributed by atoms with Crippen LogP contribution < -0.4 is 14.8 Å². The summed E-state index contributed by atoms with van der Waals surface area (Å²) in [5, 5.41) is 3.12. The first kappa shape index (κ1) is 27.2. The maximum absolute atomic E-state index is 13.9. The van der Waals surface area contributed by atoms with Crippen LogP contribution in [-0.4, -0.2) is 41.5 Å². The van der Waals surface area contributed by atoms with E-state index in [1.807, 2.05) is 94.4 Å². The van der Waals surface area contributed by atoms with Gasteiger partial charge in [0.1, 0.15) is 19.3 Å². The van der Waals surface area contributed by atoms with E-state index in [0.717, 1.165) is 28.0 Å². The second-order valence-electron chi connectivity index (χ2n) is 10.9. The van der Waals surface area contributed by atoms with Crippen LogP contribution in [0.15, 0.2) is 72.8 Å². The van der Waals surface area contributed by atoms with Crippen molar-refractivity contribution in [2.24, 2.45) is 0 Å². The van der Waals surface area contributed by atoms with Gasteiger partial charge in [0.25, 0.3) is 0 Å². The fourth-order valence-corrected chi connectivity index (χ4v) is 4.65. The summed E-state index contributed by atoms with van der Waals surface area (Å²) < 4.78 is 11.3. The van der Waals surface area contributed by atoms with Crippen molar-refractivity contribution in [3.05, 3.63) is 95.1 Å². The van der Waals surface area contributed by atoms with Gasteiger partial charge in [0.05, 0.1) is 0 Å². The van der Waals surface area contributed by atoms with Crippen molar-refractivity contribution in [2.75, 3.05) is 13.2 Å². The summed E-state index contributed by atoms with van der Waals surface area (Å²) in [4.78, 5) is 29.3. The largest absolute Gasteiger partial charge is 0.486 e. The first-order chi connectivity index (χ1) is 18.2. The lowest BCUT2D eigenvalue weighted by atomic mass is 9.99. The van der Waals surface area contributed by atoms with Crippen LogP contribution in [0, 0.1) is 6.92 Å². The van der Waals surface area contributed by atoms with Crippen molar-refractivity contribution in [3.63, 3.8) is 0 Å². The monoisotopic (exact) mass is 514 g/mol. The minimum absolute atomic E-state index is 0.0635. The van der Waals surface area contributed by atoms with Crippen molar-refractivity contribution in [1.29, 1.82) is 0 Å². The molecule has 0 fully saturated rings. The Morgan fingerprint density at radius 2 is 1.58 bits per heavy atom. The molecule has 4 rings (SSSR count). The van der Waals surface area contributed by atoms with Gasteiger partial charge < -0.3 is 19.7 Å². The molecular formula is C32H38N2O4. The molecule has 0 saturated carbocycles. The number of ether oxygens (including phenoxy) is 2. The molecule has 0 aliphatic carbocycles. The molecular weight excluding hydrogens is 476 g/mol. The van der Waals surface area contributed by atoms with Gasteiger partial charge in [0, 0.05) is 24.9 Å². The fourth-order valence-electron chi connectivity index (χ4n) is 4.65. The maximum atomic E-state index is 13.9. The molecule has 2 amide bonds. The first-order valence-corrected chi connectivity index (χ1v) is 13.3. The van der Waals surface area contributed by atoms with Gasteiger partial charge in [0.2, 0.25) is 11.8 Å². The Hall–Kier alpha value is -3.80. The van der Waals surface area contributed by atoms with E-state index < -0.39 is 11.6 Å². The molecule has 6 heteroatoms. The first-order valence-electron chi connectivity index (χ1n) is 13.3. The molecule has 0 aromatic heterocycles. The molecule has 1 N–H and O–H groups in total. The van der Waals surface area contributed by atoms with E-state index in [2.05, 4.69) is 11.4 Å². The highest BCUT2D eigenvalue weighted by atomic mass is 16.6. The van der Waals surface area contributed by atoms with Crippen molar-refractivity contribution >= 4 is 11.8 Å². The Bertz CT molecular complexity index is 1250. The Balaban J connectivity index is 1.61. The van der Waals surface area contributed by atoms with Gasteiger partial charge in [-0.1, -0.05) is 66.2 Å². The van der Waals surface area contributed by atoms with Crippen molar-refractivity contribution in [3.8, 4) is 11.5 Å². The van der Waals surface area contributed by atoms with Gasteiger partial charge >= 0.3 is 0 Å². The average Bonchev–Trinajstić information content (AvgIpc) is 2.89. The van der Waals surface area contributed by atoms with E-state index >= 15 is 0 Å². The Labute approximate surface area is 226 Å². The minimum atomic E-state index is -0.648. The lowest BCUT2D eigenvalue weighted by Crippen LogP contribution is -2.54. The van der Waals surface area contributed by atoms with Gasteiger partial charge in [0.15, 0.2) is 11.5 Å². The normalized spacial score (nSPS) is 13.5. The number of carbonyl (C=O) groups excluding carboxylic acids is 2. The second kappa shape index (κ2) is 12.2. The number of fused-ring (bicyclic) bond motifs is 1. The quantitative estimate of drug-likeness (QED) is 0.423. The molecule has 1 atom stereocenters. The van der Waals surface area contributed by atoms with E-state index in [1.54, 1.807) is 4.90 Å². The summed E-state index contributed by atoms with van der Waals surface area (Å²) in [6.07, 6.45) is 1.25. The zero-order valence-electron chi connectivity index (χ0n) is 22.8. The molecule has 200 valence electrons. The summed E-state index contributed by atoms with van der Waals surface area (Å²) >= 11 is 0. The number of benzene rings is 3. The molecule has 6 nitrogen and oxygen atoms in total. The number of amides is 2. The Morgan fingerprint density at radius 1 is 0.868 bits per heavy atom. The van der Waals surface area contributed by atoms with Gasteiger partial charge in [-0.15, -0.1) is 0 Å². The molecule has 0 radical (unpaired) electrons. The van der Waals surface area contributed by atoms with Crippen molar-refractivity contribution < 1.29 is 19.1 Å². The third kappa shape index (κ3) is 7.60. The van der Waals surface area contributed by atoms with Gasteiger partial charge in [-0.25, -0.2) is 0 Å². The lowest BCUT2D eigenvalue weighted by molar-refractivity contribution is -0.141. The highest BCUT2D eigenvalue weighted by Gasteiger charge is 2.32. The molecule has 1 aliphatic heterocycles. The van der Waals surface area contributed by atoms with Crippen LogP contribution in [0.4, 0.5) is 0 Å². The van der Waals surface area contributed by atoms with Crippen molar-refractivity contribution in [1.82, 2.24) is 10.2 Å². The highest BCUT2D eigenvalue weighted by Crippen LogP contribution is 2.31. The van der Waals surface area contributed by atoms with Crippen LogP contribution in [0.1, 0.15) is 49.4 Å². The molecule has 38 heavy (non-hydrogen) atoms. The van der Waals surface area contributed by atoms with Gasteiger partial charge in [-0.3, -0.25) is 9.59 Å². The van der Waals surface area contributed by atoms with E-state index in [0.29, 0.717) is 38.3 Å².